The minimum absolute atomic E-state index is 0.0514. The number of carbonyl (C=O) groups excluding carboxylic acids is 1. The van der Waals surface area contributed by atoms with Crippen LogP contribution in [0.5, 0.6) is 5.75 Å². The van der Waals surface area contributed by atoms with Crippen LogP contribution in [-0.2, 0) is 17.0 Å². The second-order valence-corrected chi connectivity index (χ2v) is 6.43. The van der Waals surface area contributed by atoms with E-state index in [2.05, 4.69) is 5.32 Å². The van der Waals surface area contributed by atoms with E-state index in [9.17, 15) is 4.79 Å². The third kappa shape index (κ3) is 6.16. The molecule has 2 rings (SSSR count). The van der Waals surface area contributed by atoms with Crippen LogP contribution < -0.4 is 10.1 Å². The summed E-state index contributed by atoms with van der Waals surface area (Å²) in [5.74, 6) is 2.07. The second-order valence-electron chi connectivity index (χ2n) is 5.03. The van der Waals surface area contributed by atoms with E-state index in [1.54, 1.807) is 18.9 Å². The Balaban J connectivity index is 1.64. The summed E-state index contributed by atoms with van der Waals surface area (Å²) in [6, 6.07) is 15.6. The smallest absolute Gasteiger partial charge is 0.230 e. The van der Waals surface area contributed by atoms with Crippen LogP contribution in [0.4, 0.5) is 0 Å². The Bertz CT molecular complexity index is 631. The van der Waals surface area contributed by atoms with Gasteiger partial charge in [0.15, 0.2) is 0 Å². The number of ether oxygens (including phenoxy) is 1. The number of benzene rings is 2. The van der Waals surface area contributed by atoms with Crippen LogP contribution in [0.2, 0.25) is 5.02 Å². The highest BCUT2D eigenvalue weighted by atomic mass is 35.5. The maximum absolute atomic E-state index is 11.8. The van der Waals surface area contributed by atoms with Crippen LogP contribution in [0.1, 0.15) is 11.1 Å². The van der Waals surface area contributed by atoms with Crippen molar-refractivity contribution in [2.24, 2.45) is 0 Å². The molecule has 5 heteroatoms. The first-order valence-electron chi connectivity index (χ1n) is 7.40. The summed E-state index contributed by atoms with van der Waals surface area (Å²) in [7, 11) is 1.65. The van der Waals surface area contributed by atoms with Gasteiger partial charge in [-0.15, -0.1) is 11.8 Å². The summed E-state index contributed by atoms with van der Waals surface area (Å²) >= 11 is 7.66. The molecule has 0 saturated carbocycles. The largest absolute Gasteiger partial charge is 0.497 e. The normalized spacial score (nSPS) is 10.3. The van der Waals surface area contributed by atoms with E-state index in [1.807, 2.05) is 48.5 Å². The van der Waals surface area contributed by atoms with Gasteiger partial charge in [-0.1, -0.05) is 41.9 Å². The number of methoxy groups -OCH3 is 1. The van der Waals surface area contributed by atoms with Gasteiger partial charge in [0.05, 0.1) is 12.9 Å². The molecule has 0 radical (unpaired) electrons. The van der Waals surface area contributed by atoms with Crippen molar-refractivity contribution >= 4 is 29.3 Å². The molecular weight excluding hydrogens is 330 g/mol. The van der Waals surface area contributed by atoms with Crippen LogP contribution in [0.3, 0.4) is 0 Å². The van der Waals surface area contributed by atoms with Crippen molar-refractivity contribution in [2.75, 3.05) is 19.4 Å². The molecule has 1 N–H and O–H groups in total. The molecule has 0 aliphatic carbocycles. The van der Waals surface area contributed by atoms with Gasteiger partial charge >= 0.3 is 0 Å². The number of carbonyl (C=O) groups is 1. The number of rotatable bonds is 8. The fourth-order valence-electron chi connectivity index (χ4n) is 2.06. The summed E-state index contributed by atoms with van der Waals surface area (Å²) in [4.78, 5) is 11.8. The zero-order valence-corrected chi connectivity index (χ0v) is 14.6. The molecule has 0 bridgehead atoms. The minimum atomic E-state index is 0.0514. The van der Waals surface area contributed by atoms with Crippen molar-refractivity contribution in [1.29, 1.82) is 0 Å². The maximum atomic E-state index is 11.8. The predicted molar refractivity (Wildman–Crippen MR) is 97.3 cm³/mol. The lowest BCUT2D eigenvalue weighted by Gasteiger charge is -2.07. The van der Waals surface area contributed by atoms with Crippen molar-refractivity contribution in [3.05, 3.63) is 64.7 Å². The summed E-state index contributed by atoms with van der Waals surface area (Å²) in [5, 5.41) is 3.69. The summed E-state index contributed by atoms with van der Waals surface area (Å²) in [6.07, 6.45) is 0.810. The lowest BCUT2D eigenvalue weighted by molar-refractivity contribution is -0.118. The van der Waals surface area contributed by atoms with Crippen LogP contribution in [0.15, 0.2) is 48.5 Å². The quantitative estimate of drug-likeness (QED) is 0.784. The summed E-state index contributed by atoms with van der Waals surface area (Å²) < 4.78 is 5.12. The molecule has 1 amide bonds. The highest BCUT2D eigenvalue weighted by Gasteiger charge is 2.04. The molecule has 23 heavy (non-hydrogen) atoms. The average molecular weight is 350 g/mol. The van der Waals surface area contributed by atoms with Gasteiger partial charge in [0.1, 0.15) is 5.75 Å². The fraction of sp³-hybridized carbons (Fsp3) is 0.278. The highest BCUT2D eigenvalue weighted by molar-refractivity contribution is 7.99. The van der Waals surface area contributed by atoms with Crippen molar-refractivity contribution in [3.8, 4) is 5.75 Å². The number of halogens is 1. The Morgan fingerprint density at radius 2 is 1.91 bits per heavy atom. The molecule has 0 aliphatic heterocycles. The first kappa shape index (κ1) is 17.7. The third-order valence-corrected chi connectivity index (χ3v) is 4.69. The number of thioether (sulfide) groups is 1. The van der Waals surface area contributed by atoms with Gasteiger partial charge in [0.2, 0.25) is 5.91 Å². The average Bonchev–Trinajstić information content (AvgIpc) is 2.57. The number of amides is 1. The van der Waals surface area contributed by atoms with E-state index in [4.69, 9.17) is 16.3 Å². The van der Waals surface area contributed by atoms with E-state index in [0.717, 1.165) is 28.5 Å². The Labute approximate surface area is 146 Å². The van der Waals surface area contributed by atoms with E-state index in [0.29, 0.717) is 12.3 Å². The first-order chi connectivity index (χ1) is 11.2. The molecule has 2 aromatic carbocycles. The summed E-state index contributed by atoms with van der Waals surface area (Å²) in [6.45, 7) is 0.637. The number of nitrogens with one attached hydrogen (secondary N) is 1. The van der Waals surface area contributed by atoms with E-state index < -0.39 is 0 Å². The van der Waals surface area contributed by atoms with Crippen molar-refractivity contribution in [1.82, 2.24) is 5.32 Å². The van der Waals surface area contributed by atoms with E-state index in [1.165, 1.54) is 5.56 Å². The maximum Gasteiger partial charge on any atom is 0.230 e. The Morgan fingerprint density at radius 1 is 1.17 bits per heavy atom. The molecule has 0 aliphatic rings. The monoisotopic (exact) mass is 349 g/mol. The van der Waals surface area contributed by atoms with Gasteiger partial charge in [-0.3, -0.25) is 4.79 Å². The van der Waals surface area contributed by atoms with Crippen LogP contribution in [0.25, 0.3) is 0 Å². The topological polar surface area (TPSA) is 38.3 Å². The predicted octanol–water partition coefficient (Wildman–Crippen LogP) is 3.94. The van der Waals surface area contributed by atoms with Crippen LogP contribution in [0, 0.1) is 0 Å². The number of hydrogen-bond acceptors (Lipinski definition) is 3. The van der Waals surface area contributed by atoms with Gasteiger partial charge in [0, 0.05) is 17.3 Å². The van der Waals surface area contributed by atoms with Gasteiger partial charge in [-0.05, 0) is 35.7 Å². The Morgan fingerprint density at radius 3 is 2.61 bits per heavy atom. The molecule has 3 nitrogen and oxygen atoms in total. The standard InChI is InChI=1S/C18H20ClNO2S/c1-22-16-8-6-14(7-9-16)10-11-20-18(21)13-23-12-15-4-2-3-5-17(15)19/h2-9H,10-13H2,1H3,(H,20,21). The molecule has 0 spiro atoms. The minimum Gasteiger partial charge on any atom is -0.497 e. The van der Waals surface area contributed by atoms with E-state index in [-0.39, 0.29) is 5.91 Å². The molecule has 0 unspecified atom stereocenters. The Kier molecular flexibility index (Phi) is 7.30. The first-order valence-corrected chi connectivity index (χ1v) is 8.93. The fourth-order valence-corrected chi connectivity index (χ4v) is 3.20. The second kappa shape index (κ2) is 9.48. The zero-order valence-electron chi connectivity index (χ0n) is 13.0. The molecular formula is C18H20ClNO2S. The van der Waals surface area contributed by atoms with Crippen molar-refractivity contribution in [2.45, 2.75) is 12.2 Å². The molecule has 0 aromatic heterocycles. The van der Waals surface area contributed by atoms with E-state index >= 15 is 0 Å². The molecule has 0 fully saturated rings. The molecule has 0 saturated heterocycles. The van der Waals surface area contributed by atoms with Crippen molar-refractivity contribution < 1.29 is 9.53 Å². The van der Waals surface area contributed by atoms with Gasteiger partial charge < -0.3 is 10.1 Å². The van der Waals surface area contributed by atoms with Crippen molar-refractivity contribution in [3.63, 3.8) is 0 Å². The Hall–Kier alpha value is -1.65. The lowest BCUT2D eigenvalue weighted by atomic mass is 10.1. The number of hydrogen-bond donors (Lipinski definition) is 1. The van der Waals surface area contributed by atoms with Gasteiger partial charge in [-0.2, -0.15) is 0 Å². The third-order valence-electron chi connectivity index (χ3n) is 3.34. The molecule has 122 valence electrons. The lowest BCUT2D eigenvalue weighted by Crippen LogP contribution is -2.27. The summed E-state index contributed by atoms with van der Waals surface area (Å²) in [5.41, 5.74) is 2.24. The zero-order chi connectivity index (χ0) is 16.5. The molecule has 0 atom stereocenters. The van der Waals surface area contributed by atoms with Crippen LogP contribution in [-0.4, -0.2) is 25.3 Å². The van der Waals surface area contributed by atoms with Gasteiger partial charge in [0.25, 0.3) is 0 Å². The molecule has 2 aromatic rings. The SMILES string of the molecule is COc1ccc(CCNC(=O)CSCc2ccccc2Cl)cc1. The van der Waals surface area contributed by atoms with Gasteiger partial charge in [-0.25, -0.2) is 0 Å². The highest BCUT2D eigenvalue weighted by Crippen LogP contribution is 2.20. The molecule has 0 heterocycles. The van der Waals surface area contributed by atoms with Crippen LogP contribution >= 0.6 is 23.4 Å².